The summed E-state index contributed by atoms with van der Waals surface area (Å²) >= 11 is 0. The van der Waals surface area contributed by atoms with Gasteiger partial charge in [-0.1, -0.05) is 0 Å². The van der Waals surface area contributed by atoms with Crippen LogP contribution in [-0.4, -0.2) is 47.7 Å². The van der Waals surface area contributed by atoms with Crippen LogP contribution < -0.4 is 10.9 Å². The van der Waals surface area contributed by atoms with Crippen LogP contribution in [-0.2, 0) is 11.3 Å². The van der Waals surface area contributed by atoms with E-state index in [4.69, 9.17) is 4.74 Å². The number of ether oxygens (including phenoxy) is 1. The summed E-state index contributed by atoms with van der Waals surface area (Å²) in [6.45, 7) is 0.388. The van der Waals surface area contributed by atoms with Crippen LogP contribution in [0, 0.1) is 0 Å². The molecule has 1 aliphatic rings. The Morgan fingerprint density at radius 2 is 2.07 bits per heavy atom. The van der Waals surface area contributed by atoms with E-state index in [2.05, 4.69) is 30.5 Å². The van der Waals surface area contributed by atoms with Gasteiger partial charge in [0.1, 0.15) is 25.1 Å². The molecular formula is C18H22N8O2. The Hall–Kier alpha value is -3.14. The van der Waals surface area contributed by atoms with Crippen molar-refractivity contribution < 1.29 is 4.74 Å². The number of anilines is 1. The third kappa shape index (κ3) is 4.06. The van der Waals surface area contributed by atoms with Gasteiger partial charge in [-0.15, -0.1) is 5.10 Å². The third-order valence-corrected chi connectivity index (χ3v) is 4.84. The van der Waals surface area contributed by atoms with Gasteiger partial charge < -0.3 is 10.1 Å². The van der Waals surface area contributed by atoms with E-state index >= 15 is 0 Å². The van der Waals surface area contributed by atoms with E-state index in [0.717, 1.165) is 31.5 Å². The van der Waals surface area contributed by atoms with Crippen LogP contribution in [0.3, 0.4) is 0 Å². The zero-order chi connectivity index (χ0) is 19.3. The fraction of sp³-hybridized carbons (Fsp3) is 0.444. The van der Waals surface area contributed by atoms with Gasteiger partial charge in [-0.2, -0.15) is 5.10 Å². The second-order valence-corrected chi connectivity index (χ2v) is 6.76. The van der Waals surface area contributed by atoms with Crippen molar-refractivity contribution in [3.05, 3.63) is 53.2 Å². The van der Waals surface area contributed by atoms with E-state index in [1.165, 1.54) is 12.4 Å². The van der Waals surface area contributed by atoms with Crippen molar-refractivity contribution >= 4 is 5.82 Å². The molecule has 10 nitrogen and oxygen atoms in total. The van der Waals surface area contributed by atoms with Gasteiger partial charge >= 0.3 is 0 Å². The van der Waals surface area contributed by atoms with E-state index in [1.54, 1.807) is 35.1 Å². The van der Waals surface area contributed by atoms with Crippen LogP contribution in [0.15, 0.2) is 41.8 Å². The van der Waals surface area contributed by atoms with E-state index < -0.39 is 0 Å². The normalized spacial score (nSPS) is 19.5. The lowest BCUT2D eigenvalue weighted by molar-refractivity contribution is 0.178. The summed E-state index contributed by atoms with van der Waals surface area (Å²) in [5.41, 5.74) is -0.0970. The summed E-state index contributed by atoms with van der Waals surface area (Å²) in [4.78, 5) is 24.9. The molecular weight excluding hydrogens is 360 g/mol. The first-order valence-electron chi connectivity index (χ1n) is 9.25. The number of aromatic nitrogens is 7. The van der Waals surface area contributed by atoms with Crippen molar-refractivity contribution in [1.82, 2.24) is 34.5 Å². The lowest BCUT2D eigenvalue weighted by atomic mass is 9.91. The molecule has 1 fully saturated rings. The van der Waals surface area contributed by atoms with Gasteiger partial charge in [-0.25, -0.2) is 24.3 Å². The molecule has 0 aliphatic heterocycles. The van der Waals surface area contributed by atoms with Gasteiger partial charge in [-0.05, 0) is 37.8 Å². The lowest BCUT2D eigenvalue weighted by Crippen LogP contribution is -2.33. The maximum absolute atomic E-state index is 12.3. The molecule has 0 amide bonds. The molecule has 3 aromatic rings. The minimum atomic E-state index is -0.0970. The highest BCUT2D eigenvalue weighted by molar-refractivity contribution is 5.34. The molecule has 4 rings (SSSR count). The Balaban J connectivity index is 1.41. The second kappa shape index (κ2) is 8.26. The smallest absolute Gasteiger partial charge is 0.267 e. The molecule has 1 saturated carbocycles. The summed E-state index contributed by atoms with van der Waals surface area (Å²) in [7, 11) is 1.62. The van der Waals surface area contributed by atoms with Crippen LogP contribution >= 0.6 is 0 Å². The molecule has 28 heavy (non-hydrogen) atoms. The largest absolute Gasteiger partial charge is 0.377 e. The first kappa shape index (κ1) is 18.2. The number of nitrogens with zero attached hydrogens (tertiary/aromatic N) is 7. The minimum Gasteiger partial charge on any atom is -0.377 e. The van der Waals surface area contributed by atoms with Gasteiger partial charge in [-0.3, -0.25) is 4.79 Å². The van der Waals surface area contributed by atoms with E-state index in [-0.39, 0.29) is 11.6 Å². The first-order chi connectivity index (χ1) is 13.7. The fourth-order valence-electron chi connectivity index (χ4n) is 3.48. The quantitative estimate of drug-likeness (QED) is 0.680. The predicted octanol–water partition coefficient (Wildman–Crippen LogP) is 1.36. The third-order valence-electron chi connectivity index (χ3n) is 4.84. The Labute approximate surface area is 161 Å². The highest BCUT2D eigenvalue weighted by Crippen LogP contribution is 2.28. The topological polar surface area (TPSA) is 113 Å². The molecule has 0 radical (unpaired) electrons. The van der Waals surface area contributed by atoms with Crippen molar-refractivity contribution in [3.8, 4) is 5.82 Å². The van der Waals surface area contributed by atoms with Crippen molar-refractivity contribution in [2.45, 2.75) is 44.4 Å². The minimum absolute atomic E-state index is 0.0727. The predicted molar refractivity (Wildman–Crippen MR) is 101 cm³/mol. The van der Waals surface area contributed by atoms with E-state index in [9.17, 15) is 4.79 Å². The molecule has 1 aliphatic carbocycles. The Morgan fingerprint density at radius 3 is 2.82 bits per heavy atom. The summed E-state index contributed by atoms with van der Waals surface area (Å²) < 4.78 is 8.21. The average molecular weight is 382 g/mol. The van der Waals surface area contributed by atoms with Gasteiger partial charge in [0.15, 0.2) is 11.6 Å². The van der Waals surface area contributed by atoms with Crippen LogP contribution in [0.2, 0.25) is 0 Å². The lowest BCUT2D eigenvalue weighted by Gasteiger charge is -2.30. The van der Waals surface area contributed by atoms with Crippen LogP contribution in [0.5, 0.6) is 0 Å². The summed E-state index contributed by atoms with van der Waals surface area (Å²) in [6, 6.07) is 5.43. The summed E-state index contributed by atoms with van der Waals surface area (Å²) in [6.07, 6.45) is 8.32. The second-order valence-electron chi connectivity index (χ2n) is 6.76. The summed E-state index contributed by atoms with van der Waals surface area (Å²) in [5.74, 6) is 2.04. The molecule has 0 bridgehead atoms. The van der Waals surface area contributed by atoms with Crippen LogP contribution in [0.1, 0.15) is 37.5 Å². The Bertz CT molecular complexity index is 964. The number of rotatable bonds is 6. The van der Waals surface area contributed by atoms with E-state index in [0.29, 0.717) is 24.3 Å². The van der Waals surface area contributed by atoms with Gasteiger partial charge in [0.25, 0.3) is 5.56 Å². The van der Waals surface area contributed by atoms with Crippen LogP contribution in [0.4, 0.5) is 5.82 Å². The number of nitrogens with one attached hydrogen (secondary N) is 1. The Morgan fingerprint density at radius 1 is 1.21 bits per heavy atom. The number of hydrogen-bond acceptors (Lipinski definition) is 8. The van der Waals surface area contributed by atoms with Crippen molar-refractivity contribution in [2.75, 3.05) is 12.4 Å². The molecule has 0 saturated heterocycles. The highest BCUT2D eigenvalue weighted by atomic mass is 16.5. The maximum atomic E-state index is 12.3. The SMILES string of the molecule is COCc1nccc(NC2CCC(n3nc(-n4cncn4)ccc3=O)CC2)n1. The van der Waals surface area contributed by atoms with Crippen LogP contribution in [0.25, 0.3) is 5.82 Å². The number of hydrogen-bond donors (Lipinski definition) is 1. The zero-order valence-corrected chi connectivity index (χ0v) is 15.6. The fourth-order valence-corrected chi connectivity index (χ4v) is 3.48. The number of methoxy groups -OCH3 is 1. The van der Waals surface area contributed by atoms with Gasteiger partial charge in [0.05, 0.1) is 6.04 Å². The highest BCUT2D eigenvalue weighted by Gasteiger charge is 2.24. The molecule has 0 unspecified atom stereocenters. The van der Waals surface area contributed by atoms with Crippen molar-refractivity contribution in [1.29, 1.82) is 0 Å². The monoisotopic (exact) mass is 382 g/mol. The molecule has 3 heterocycles. The molecule has 0 aromatic carbocycles. The molecule has 0 atom stereocenters. The maximum Gasteiger partial charge on any atom is 0.267 e. The molecule has 3 aromatic heterocycles. The molecule has 0 spiro atoms. The van der Waals surface area contributed by atoms with Gasteiger partial charge in [0.2, 0.25) is 0 Å². The summed E-state index contributed by atoms with van der Waals surface area (Å²) in [5, 5.41) is 12.0. The molecule has 146 valence electrons. The van der Waals surface area contributed by atoms with E-state index in [1.807, 2.05) is 6.07 Å². The van der Waals surface area contributed by atoms with Crippen molar-refractivity contribution in [2.24, 2.45) is 0 Å². The standard InChI is InChI=1S/C18H22N8O2/c1-28-10-16-20-9-8-15(23-16)22-13-2-4-14(5-3-13)26-18(27)7-6-17(24-26)25-12-19-11-21-25/h6-9,11-14H,2-5,10H2,1H3,(H,20,22,23). The molecule has 1 N–H and O–H groups in total. The zero-order valence-electron chi connectivity index (χ0n) is 15.6. The van der Waals surface area contributed by atoms with Gasteiger partial charge in [0, 0.05) is 25.4 Å². The first-order valence-corrected chi connectivity index (χ1v) is 9.25. The van der Waals surface area contributed by atoms with Crippen molar-refractivity contribution in [3.63, 3.8) is 0 Å². The molecule has 10 heteroatoms. The average Bonchev–Trinajstić information content (AvgIpc) is 3.25. The Kier molecular flexibility index (Phi) is 5.38.